The second kappa shape index (κ2) is 12.0. The Labute approximate surface area is 182 Å². The molecule has 0 bridgehead atoms. The van der Waals surface area contributed by atoms with Crippen LogP contribution in [0.25, 0.3) is 6.08 Å². The number of ether oxygens (including phenoxy) is 3. The zero-order valence-corrected chi connectivity index (χ0v) is 17.9. The summed E-state index contributed by atoms with van der Waals surface area (Å²) in [5.74, 6) is 0.0959. The number of nitrogens with one attached hydrogen (secondary N) is 1. The van der Waals surface area contributed by atoms with Gasteiger partial charge in [0.25, 0.3) is 5.91 Å². The van der Waals surface area contributed by atoms with Crippen LogP contribution in [0.5, 0.6) is 11.5 Å². The maximum atomic E-state index is 12.2. The third-order valence-electron chi connectivity index (χ3n) is 4.06. The Bertz CT molecular complexity index is 978. The van der Waals surface area contributed by atoms with Crippen molar-refractivity contribution in [2.24, 2.45) is 0 Å². The van der Waals surface area contributed by atoms with E-state index in [1.807, 2.05) is 19.9 Å². The normalized spacial score (nSPS) is 11.4. The van der Waals surface area contributed by atoms with E-state index in [0.717, 1.165) is 12.0 Å². The largest absolute Gasteiger partial charge is 0.490 e. The number of amides is 1. The van der Waals surface area contributed by atoms with E-state index in [1.54, 1.807) is 42.5 Å². The van der Waals surface area contributed by atoms with E-state index in [-0.39, 0.29) is 0 Å². The zero-order valence-electron chi connectivity index (χ0n) is 17.9. The van der Waals surface area contributed by atoms with Crippen LogP contribution in [0.1, 0.15) is 38.3 Å². The molecule has 0 radical (unpaired) electrons. The van der Waals surface area contributed by atoms with Crippen molar-refractivity contribution in [1.29, 1.82) is 5.26 Å². The Morgan fingerprint density at radius 1 is 1.13 bits per heavy atom. The SMILES string of the molecule is CCCOc1ccc(/C=C/C(=O)OC(C)C(=O)Nc2cccc(C#N)c2)cc1OCC. The molecule has 1 atom stereocenters. The molecule has 7 nitrogen and oxygen atoms in total. The predicted octanol–water partition coefficient (Wildman–Crippen LogP) is 4.33. The monoisotopic (exact) mass is 422 g/mol. The number of hydrogen-bond acceptors (Lipinski definition) is 6. The predicted molar refractivity (Wildman–Crippen MR) is 118 cm³/mol. The van der Waals surface area contributed by atoms with Gasteiger partial charge >= 0.3 is 5.97 Å². The standard InChI is InChI=1S/C24H26N2O5/c1-4-13-30-21-11-9-18(15-22(21)29-5-2)10-12-23(27)31-17(3)24(28)26-20-8-6-7-19(14-20)16-25/h6-12,14-15,17H,4-5,13H2,1-3H3,(H,26,28)/b12-10+. The number of hydrogen-bond donors (Lipinski definition) is 1. The van der Waals surface area contributed by atoms with E-state index in [0.29, 0.717) is 36.0 Å². The van der Waals surface area contributed by atoms with Gasteiger partial charge in [0.1, 0.15) is 0 Å². The molecule has 2 aromatic rings. The third-order valence-corrected chi connectivity index (χ3v) is 4.06. The number of rotatable bonds is 10. The first-order valence-corrected chi connectivity index (χ1v) is 10.1. The second-order valence-electron chi connectivity index (χ2n) is 6.58. The summed E-state index contributed by atoms with van der Waals surface area (Å²) in [6, 6.07) is 13.8. The molecule has 0 fully saturated rings. The average molecular weight is 422 g/mol. The highest BCUT2D eigenvalue weighted by Crippen LogP contribution is 2.29. The van der Waals surface area contributed by atoms with Gasteiger partial charge in [-0.15, -0.1) is 0 Å². The van der Waals surface area contributed by atoms with E-state index in [4.69, 9.17) is 19.5 Å². The van der Waals surface area contributed by atoms with Crippen molar-refractivity contribution < 1.29 is 23.8 Å². The molecule has 2 rings (SSSR count). The lowest BCUT2D eigenvalue weighted by Crippen LogP contribution is -2.29. The number of carbonyl (C=O) groups excluding carboxylic acids is 2. The molecule has 0 aliphatic heterocycles. The molecule has 0 aliphatic rings. The Hall–Kier alpha value is -3.79. The summed E-state index contributed by atoms with van der Waals surface area (Å²) in [4.78, 5) is 24.4. The Morgan fingerprint density at radius 3 is 2.65 bits per heavy atom. The van der Waals surface area contributed by atoms with Gasteiger partial charge in [-0.25, -0.2) is 4.79 Å². The number of nitriles is 1. The number of nitrogens with zero attached hydrogens (tertiary/aromatic N) is 1. The highest BCUT2D eigenvalue weighted by molar-refractivity contribution is 5.96. The van der Waals surface area contributed by atoms with Crippen molar-refractivity contribution >= 4 is 23.6 Å². The fourth-order valence-electron chi connectivity index (χ4n) is 2.57. The molecule has 162 valence electrons. The molecule has 7 heteroatoms. The highest BCUT2D eigenvalue weighted by atomic mass is 16.5. The van der Waals surface area contributed by atoms with Crippen LogP contribution in [0.4, 0.5) is 5.69 Å². The number of benzene rings is 2. The van der Waals surface area contributed by atoms with Gasteiger partial charge in [0, 0.05) is 11.8 Å². The number of anilines is 1. The quantitative estimate of drug-likeness (QED) is 0.452. The molecular formula is C24H26N2O5. The molecule has 0 heterocycles. The maximum Gasteiger partial charge on any atom is 0.331 e. The molecular weight excluding hydrogens is 396 g/mol. The number of esters is 1. The van der Waals surface area contributed by atoms with Gasteiger partial charge in [0.05, 0.1) is 24.8 Å². The molecule has 0 saturated heterocycles. The van der Waals surface area contributed by atoms with Crippen LogP contribution in [0, 0.1) is 11.3 Å². The molecule has 1 N–H and O–H groups in total. The lowest BCUT2D eigenvalue weighted by molar-refractivity contribution is -0.148. The topological polar surface area (TPSA) is 97.6 Å². The van der Waals surface area contributed by atoms with Crippen molar-refractivity contribution in [2.45, 2.75) is 33.3 Å². The van der Waals surface area contributed by atoms with Crippen molar-refractivity contribution in [3.05, 3.63) is 59.7 Å². The molecule has 0 saturated carbocycles. The van der Waals surface area contributed by atoms with Gasteiger partial charge in [-0.1, -0.05) is 19.1 Å². The first-order chi connectivity index (χ1) is 15.0. The van der Waals surface area contributed by atoms with E-state index in [9.17, 15) is 9.59 Å². The molecule has 1 unspecified atom stereocenters. The molecule has 0 aromatic heterocycles. The Kier molecular flexibility index (Phi) is 9.12. The highest BCUT2D eigenvalue weighted by Gasteiger charge is 2.17. The first-order valence-electron chi connectivity index (χ1n) is 10.1. The van der Waals surface area contributed by atoms with Crippen LogP contribution in [-0.4, -0.2) is 31.2 Å². The van der Waals surface area contributed by atoms with Gasteiger partial charge in [-0.05, 0) is 62.2 Å². The zero-order chi connectivity index (χ0) is 22.6. The number of carbonyl (C=O) groups is 2. The summed E-state index contributed by atoms with van der Waals surface area (Å²) in [6.45, 7) is 6.45. The van der Waals surface area contributed by atoms with Crippen molar-refractivity contribution in [3.8, 4) is 17.6 Å². The summed E-state index contributed by atoms with van der Waals surface area (Å²) in [5, 5.41) is 11.5. The summed E-state index contributed by atoms with van der Waals surface area (Å²) >= 11 is 0. The summed E-state index contributed by atoms with van der Waals surface area (Å²) in [5.41, 5.74) is 1.61. The summed E-state index contributed by atoms with van der Waals surface area (Å²) < 4.78 is 16.4. The fraction of sp³-hybridized carbons (Fsp3) is 0.292. The van der Waals surface area contributed by atoms with Crippen LogP contribution in [0.2, 0.25) is 0 Å². The smallest absolute Gasteiger partial charge is 0.331 e. The minimum atomic E-state index is -1.01. The van der Waals surface area contributed by atoms with Crippen LogP contribution in [-0.2, 0) is 14.3 Å². The van der Waals surface area contributed by atoms with Crippen LogP contribution >= 0.6 is 0 Å². The van der Waals surface area contributed by atoms with Gasteiger partial charge in [0.2, 0.25) is 0 Å². The van der Waals surface area contributed by atoms with E-state index in [1.165, 1.54) is 19.1 Å². The summed E-state index contributed by atoms with van der Waals surface area (Å²) in [6.07, 6.45) is 2.70. The van der Waals surface area contributed by atoms with Gasteiger partial charge in [0.15, 0.2) is 17.6 Å². The Balaban J connectivity index is 1.96. The molecule has 2 aromatic carbocycles. The minimum absolute atomic E-state index is 0.419. The lowest BCUT2D eigenvalue weighted by atomic mass is 10.2. The minimum Gasteiger partial charge on any atom is -0.490 e. The Morgan fingerprint density at radius 2 is 1.94 bits per heavy atom. The van der Waals surface area contributed by atoms with Crippen LogP contribution in [0.3, 0.4) is 0 Å². The average Bonchev–Trinajstić information content (AvgIpc) is 2.77. The van der Waals surface area contributed by atoms with Crippen LogP contribution in [0.15, 0.2) is 48.5 Å². The lowest BCUT2D eigenvalue weighted by Gasteiger charge is -2.13. The second-order valence-corrected chi connectivity index (χ2v) is 6.58. The molecule has 0 spiro atoms. The fourth-order valence-corrected chi connectivity index (χ4v) is 2.57. The maximum absolute atomic E-state index is 12.2. The molecule has 31 heavy (non-hydrogen) atoms. The van der Waals surface area contributed by atoms with Gasteiger partial charge in [-0.2, -0.15) is 5.26 Å². The molecule has 0 aliphatic carbocycles. The van der Waals surface area contributed by atoms with E-state index in [2.05, 4.69) is 5.32 Å². The van der Waals surface area contributed by atoms with Crippen molar-refractivity contribution in [3.63, 3.8) is 0 Å². The van der Waals surface area contributed by atoms with E-state index >= 15 is 0 Å². The van der Waals surface area contributed by atoms with Gasteiger partial charge < -0.3 is 19.5 Å². The summed E-state index contributed by atoms with van der Waals surface area (Å²) in [7, 11) is 0. The third kappa shape index (κ3) is 7.52. The van der Waals surface area contributed by atoms with Crippen molar-refractivity contribution in [2.75, 3.05) is 18.5 Å². The van der Waals surface area contributed by atoms with Gasteiger partial charge in [-0.3, -0.25) is 4.79 Å². The molecule has 1 amide bonds. The first kappa shape index (κ1) is 23.5. The van der Waals surface area contributed by atoms with Crippen molar-refractivity contribution in [1.82, 2.24) is 0 Å². The van der Waals surface area contributed by atoms with E-state index < -0.39 is 18.0 Å². The van der Waals surface area contributed by atoms with Crippen LogP contribution < -0.4 is 14.8 Å².